The lowest BCUT2D eigenvalue weighted by Gasteiger charge is -2.27. The number of rotatable bonds is 7. The third-order valence-corrected chi connectivity index (χ3v) is 6.55. The maximum Gasteiger partial charge on any atom is 0.215 e. The Bertz CT molecular complexity index is 739. The monoisotopic (exact) mass is 384 g/mol. The summed E-state index contributed by atoms with van der Waals surface area (Å²) >= 11 is 7.49. The standard InChI is InChI=1S/C17H21ClN2O2S2/c18-16-5-3-14(4-6-16)13-24(21,22)19-11-17(15-7-10-23-12-15)20-8-1-2-9-20/h3-7,10,12,17,19H,1-2,8-9,11,13H2/t17-/m0/s1. The van der Waals surface area contributed by atoms with E-state index in [0.717, 1.165) is 18.7 Å². The topological polar surface area (TPSA) is 49.4 Å². The van der Waals surface area contributed by atoms with Crippen molar-refractivity contribution in [2.45, 2.75) is 24.6 Å². The molecule has 0 radical (unpaired) electrons. The van der Waals surface area contributed by atoms with Crippen molar-refractivity contribution in [1.29, 1.82) is 0 Å². The highest BCUT2D eigenvalue weighted by atomic mass is 35.5. The summed E-state index contributed by atoms with van der Waals surface area (Å²) in [5.74, 6) is -0.0273. The summed E-state index contributed by atoms with van der Waals surface area (Å²) in [6.07, 6.45) is 2.36. The molecule has 4 nitrogen and oxygen atoms in total. The van der Waals surface area contributed by atoms with Crippen molar-refractivity contribution < 1.29 is 8.42 Å². The summed E-state index contributed by atoms with van der Waals surface area (Å²) in [4.78, 5) is 2.37. The first-order chi connectivity index (χ1) is 11.5. The van der Waals surface area contributed by atoms with E-state index in [1.54, 1.807) is 35.6 Å². The zero-order valence-electron chi connectivity index (χ0n) is 13.3. The minimum Gasteiger partial charge on any atom is -0.295 e. The van der Waals surface area contributed by atoms with Gasteiger partial charge in [-0.1, -0.05) is 23.7 Å². The highest BCUT2D eigenvalue weighted by Crippen LogP contribution is 2.26. The molecule has 1 aromatic heterocycles. The molecule has 2 heterocycles. The van der Waals surface area contributed by atoms with Crippen molar-refractivity contribution in [2.24, 2.45) is 0 Å². The van der Waals surface area contributed by atoms with Crippen LogP contribution in [0.5, 0.6) is 0 Å². The third-order valence-electron chi connectivity index (χ3n) is 4.28. The predicted molar refractivity (Wildman–Crippen MR) is 99.9 cm³/mol. The van der Waals surface area contributed by atoms with Gasteiger partial charge in [-0.2, -0.15) is 11.3 Å². The van der Waals surface area contributed by atoms with Gasteiger partial charge in [0.1, 0.15) is 0 Å². The Balaban J connectivity index is 1.65. The molecule has 1 fully saturated rings. The lowest BCUT2D eigenvalue weighted by molar-refractivity contribution is 0.247. The lowest BCUT2D eigenvalue weighted by atomic mass is 10.1. The van der Waals surface area contributed by atoms with Crippen LogP contribution in [0.2, 0.25) is 5.02 Å². The fourth-order valence-corrected chi connectivity index (χ4v) is 5.01. The first-order valence-electron chi connectivity index (χ1n) is 8.01. The maximum atomic E-state index is 12.4. The normalized spacial score (nSPS) is 17.2. The Morgan fingerprint density at radius 2 is 1.88 bits per heavy atom. The minimum absolute atomic E-state index is 0.0273. The van der Waals surface area contributed by atoms with Gasteiger partial charge in [0.25, 0.3) is 0 Å². The fourth-order valence-electron chi connectivity index (χ4n) is 3.03. The molecule has 3 rings (SSSR count). The molecule has 0 unspecified atom stereocenters. The zero-order valence-corrected chi connectivity index (χ0v) is 15.7. The second kappa shape index (κ2) is 7.97. The molecule has 1 saturated heterocycles. The molecule has 2 aromatic rings. The Kier molecular flexibility index (Phi) is 5.94. The van der Waals surface area contributed by atoms with Gasteiger partial charge < -0.3 is 0 Å². The van der Waals surface area contributed by atoms with Crippen molar-refractivity contribution in [1.82, 2.24) is 9.62 Å². The van der Waals surface area contributed by atoms with Gasteiger partial charge in [0.2, 0.25) is 10.0 Å². The van der Waals surface area contributed by atoms with E-state index in [1.807, 2.05) is 5.38 Å². The average molecular weight is 385 g/mol. The van der Waals surface area contributed by atoms with Crippen LogP contribution in [0.3, 0.4) is 0 Å². The maximum absolute atomic E-state index is 12.4. The number of sulfonamides is 1. The van der Waals surface area contributed by atoms with Gasteiger partial charge in [0.15, 0.2) is 0 Å². The second-order valence-corrected chi connectivity index (χ2v) is 9.07. The summed E-state index contributed by atoms with van der Waals surface area (Å²) in [6, 6.07) is 9.12. The SMILES string of the molecule is O=S(=O)(Cc1ccc(Cl)cc1)NC[C@@H](c1ccsc1)N1CCCC1. The molecule has 0 saturated carbocycles. The lowest BCUT2D eigenvalue weighted by Crippen LogP contribution is -2.37. The summed E-state index contributed by atoms with van der Waals surface area (Å²) in [6.45, 7) is 2.46. The highest BCUT2D eigenvalue weighted by Gasteiger charge is 2.25. The molecule has 1 aromatic carbocycles. The molecule has 1 N–H and O–H groups in total. The van der Waals surface area contributed by atoms with Crippen molar-refractivity contribution in [2.75, 3.05) is 19.6 Å². The quantitative estimate of drug-likeness (QED) is 0.792. The summed E-state index contributed by atoms with van der Waals surface area (Å²) < 4.78 is 27.6. The molecule has 0 spiro atoms. The smallest absolute Gasteiger partial charge is 0.215 e. The van der Waals surface area contributed by atoms with Crippen LogP contribution < -0.4 is 4.72 Å². The van der Waals surface area contributed by atoms with E-state index >= 15 is 0 Å². The first kappa shape index (κ1) is 17.9. The van der Waals surface area contributed by atoms with E-state index in [1.165, 1.54) is 18.4 Å². The van der Waals surface area contributed by atoms with E-state index in [-0.39, 0.29) is 11.8 Å². The first-order valence-corrected chi connectivity index (χ1v) is 11.0. The van der Waals surface area contributed by atoms with Gasteiger partial charge in [-0.15, -0.1) is 0 Å². The number of nitrogens with one attached hydrogen (secondary N) is 1. The Morgan fingerprint density at radius 3 is 2.50 bits per heavy atom. The van der Waals surface area contributed by atoms with Crippen LogP contribution in [0.4, 0.5) is 0 Å². The van der Waals surface area contributed by atoms with Gasteiger partial charge in [0.05, 0.1) is 5.75 Å². The van der Waals surface area contributed by atoms with E-state index in [9.17, 15) is 8.42 Å². The second-order valence-electron chi connectivity index (χ2n) is 6.05. The number of benzene rings is 1. The van der Waals surface area contributed by atoms with Gasteiger partial charge in [-0.05, 0) is 66.0 Å². The van der Waals surface area contributed by atoms with E-state index in [0.29, 0.717) is 11.6 Å². The van der Waals surface area contributed by atoms with Crippen LogP contribution in [0.15, 0.2) is 41.1 Å². The Morgan fingerprint density at radius 1 is 1.17 bits per heavy atom. The van der Waals surface area contributed by atoms with Crippen LogP contribution in [0.25, 0.3) is 0 Å². The van der Waals surface area contributed by atoms with E-state index in [2.05, 4.69) is 21.1 Å². The van der Waals surface area contributed by atoms with Crippen molar-refractivity contribution >= 4 is 33.0 Å². The molecule has 0 bridgehead atoms. The van der Waals surface area contributed by atoms with Gasteiger partial charge in [-0.25, -0.2) is 13.1 Å². The molecule has 1 atom stereocenters. The molecule has 24 heavy (non-hydrogen) atoms. The number of nitrogens with zero attached hydrogens (tertiary/aromatic N) is 1. The van der Waals surface area contributed by atoms with Crippen molar-refractivity contribution in [3.63, 3.8) is 0 Å². The van der Waals surface area contributed by atoms with E-state index < -0.39 is 10.0 Å². The van der Waals surface area contributed by atoms with Crippen LogP contribution in [-0.4, -0.2) is 33.0 Å². The number of thiophene rings is 1. The number of likely N-dealkylation sites (tertiary alicyclic amines) is 1. The van der Waals surface area contributed by atoms with Gasteiger partial charge >= 0.3 is 0 Å². The molecule has 130 valence electrons. The summed E-state index contributed by atoms with van der Waals surface area (Å²) in [5, 5.41) is 4.76. The zero-order chi connectivity index (χ0) is 17.0. The molecular formula is C17H21ClN2O2S2. The van der Waals surface area contributed by atoms with Crippen LogP contribution >= 0.6 is 22.9 Å². The molecule has 0 amide bonds. The van der Waals surface area contributed by atoms with Crippen LogP contribution in [-0.2, 0) is 15.8 Å². The Hall–Kier alpha value is -0.920. The number of hydrogen-bond acceptors (Lipinski definition) is 4. The molecule has 7 heteroatoms. The van der Waals surface area contributed by atoms with Gasteiger partial charge in [-0.3, -0.25) is 4.90 Å². The van der Waals surface area contributed by atoms with Crippen molar-refractivity contribution in [3.8, 4) is 0 Å². The summed E-state index contributed by atoms with van der Waals surface area (Å²) in [7, 11) is -3.38. The minimum atomic E-state index is -3.38. The third kappa shape index (κ3) is 4.80. The molecule has 1 aliphatic rings. The molecule has 0 aliphatic carbocycles. The highest BCUT2D eigenvalue weighted by molar-refractivity contribution is 7.88. The van der Waals surface area contributed by atoms with Gasteiger partial charge in [0, 0.05) is 17.6 Å². The van der Waals surface area contributed by atoms with Crippen LogP contribution in [0.1, 0.15) is 30.0 Å². The fraction of sp³-hybridized carbons (Fsp3) is 0.412. The molecular weight excluding hydrogens is 364 g/mol. The number of hydrogen-bond donors (Lipinski definition) is 1. The Labute approximate surface area is 152 Å². The largest absolute Gasteiger partial charge is 0.295 e. The van der Waals surface area contributed by atoms with E-state index in [4.69, 9.17) is 11.6 Å². The predicted octanol–water partition coefficient (Wildman–Crippen LogP) is 3.66. The molecule has 1 aliphatic heterocycles. The summed E-state index contributed by atoms with van der Waals surface area (Å²) in [5.41, 5.74) is 1.93. The average Bonchev–Trinajstić information content (AvgIpc) is 3.23. The van der Waals surface area contributed by atoms with Crippen LogP contribution in [0, 0.1) is 0 Å². The van der Waals surface area contributed by atoms with Crippen molar-refractivity contribution in [3.05, 3.63) is 57.2 Å². The number of halogens is 1.